The van der Waals surface area contributed by atoms with E-state index >= 15 is 0 Å². The zero-order chi connectivity index (χ0) is 10.4. The van der Waals surface area contributed by atoms with Crippen LogP contribution in [0.1, 0.15) is 12.8 Å². The Balaban J connectivity index is 2.50. The molecule has 1 heterocycles. The van der Waals surface area contributed by atoms with E-state index in [2.05, 4.69) is 6.58 Å². The Morgan fingerprint density at radius 3 is 2.29 bits per heavy atom. The van der Waals surface area contributed by atoms with Gasteiger partial charge < -0.3 is 10.2 Å². The molecule has 0 bridgehead atoms. The summed E-state index contributed by atoms with van der Waals surface area (Å²) in [6.45, 7) is 4.99. The predicted octanol–water partition coefficient (Wildman–Crippen LogP) is 1.02. The monoisotopic (exact) mass is 195 g/mol. The molecular weight excluding hydrogens is 178 g/mol. The number of likely N-dealkylation sites (tertiary alicyclic amines) is 1. The van der Waals surface area contributed by atoms with Crippen LogP contribution in [0.5, 0.6) is 0 Å². The van der Waals surface area contributed by atoms with Gasteiger partial charge in [0.1, 0.15) is 0 Å². The van der Waals surface area contributed by atoms with E-state index in [-0.39, 0.29) is 0 Å². The summed E-state index contributed by atoms with van der Waals surface area (Å²) < 4.78 is 0. The lowest BCUT2D eigenvalue weighted by atomic mass is 10.3. The minimum absolute atomic E-state index is 0.739. The first-order chi connectivity index (χ1) is 6.67. The van der Waals surface area contributed by atoms with E-state index in [9.17, 15) is 10.2 Å². The van der Waals surface area contributed by atoms with Gasteiger partial charge in [-0.15, -0.1) is 0 Å². The van der Waals surface area contributed by atoms with Crippen molar-refractivity contribution in [3.63, 3.8) is 0 Å². The van der Waals surface area contributed by atoms with E-state index in [0.717, 1.165) is 25.9 Å². The Morgan fingerprint density at radius 2 is 1.71 bits per heavy atom. The van der Waals surface area contributed by atoms with E-state index in [0.29, 0.717) is 0 Å². The van der Waals surface area contributed by atoms with Gasteiger partial charge in [-0.05, 0) is 18.9 Å². The molecule has 0 saturated carbocycles. The van der Waals surface area contributed by atoms with E-state index < -0.39 is 5.91 Å². The number of hydrogen-bond acceptors (Lipinski definition) is 3. The van der Waals surface area contributed by atoms with Crippen molar-refractivity contribution in [3.8, 4) is 0 Å². The summed E-state index contributed by atoms with van der Waals surface area (Å²) >= 11 is 0. The number of hydrogen-bond donors (Lipinski definition) is 2. The topological polar surface area (TPSA) is 43.7 Å². The molecule has 0 unspecified atom stereocenters. The van der Waals surface area contributed by atoms with Crippen molar-refractivity contribution in [3.05, 3.63) is 37.0 Å². The minimum Gasteiger partial charge on any atom is -0.350 e. The van der Waals surface area contributed by atoms with Crippen LogP contribution in [-0.4, -0.2) is 34.1 Å². The first-order valence-electron chi connectivity index (χ1n) is 4.83. The lowest BCUT2D eigenvalue weighted by Crippen LogP contribution is -2.45. The van der Waals surface area contributed by atoms with Crippen LogP contribution in [0.2, 0.25) is 0 Å². The molecule has 0 amide bonds. The van der Waals surface area contributed by atoms with Crippen molar-refractivity contribution in [2.45, 2.75) is 18.8 Å². The fourth-order valence-corrected chi connectivity index (χ4v) is 1.48. The van der Waals surface area contributed by atoms with Crippen LogP contribution in [0.25, 0.3) is 0 Å². The standard InChI is InChI=1S/C11H17NO2/c1-2-3-4-5-8-11(13,14)12-9-6-7-10-12/h2-5,8,13-14H,1,6-7,9-10H2/b4-3-,8-5+. The fraction of sp³-hybridized carbons (Fsp3) is 0.455. The van der Waals surface area contributed by atoms with Gasteiger partial charge in [-0.1, -0.05) is 30.9 Å². The Labute approximate surface area is 84.7 Å². The largest absolute Gasteiger partial charge is 0.350 e. The maximum atomic E-state index is 9.65. The predicted molar refractivity (Wildman–Crippen MR) is 56.5 cm³/mol. The van der Waals surface area contributed by atoms with Crippen molar-refractivity contribution in [1.29, 1.82) is 0 Å². The van der Waals surface area contributed by atoms with Crippen molar-refractivity contribution < 1.29 is 10.2 Å². The molecule has 1 aliphatic rings. The van der Waals surface area contributed by atoms with E-state index in [1.807, 2.05) is 0 Å². The first kappa shape index (κ1) is 11.2. The van der Waals surface area contributed by atoms with Crippen molar-refractivity contribution >= 4 is 0 Å². The molecule has 1 saturated heterocycles. The lowest BCUT2D eigenvalue weighted by Gasteiger charge is -2.28. The Kier molecular flexibility index (Phi) is 4.07. The van der Waals surface area contributed by atoms with Crippen molar-refractivity contribution in [2.75, 3.05) is 13.1 Å². The summed E-state index contributed by atoms with van der Waals surface area (Å²) in [5, 5.41) is 19.3. The molecule has 78 valence electrons. The molecule has 0 aromatic rings. The Morgan fingerprint density at radius 1 is 1.07 bits per heavy atom. The third-order valence-electron chi connectivity index (χ3n) is 2.25. The first-order valence-corrected chi connectivity index (χ1v) is 4.83. The molecular formula is C11H17NO2. The van der Waals surface area contributed by atoms with Gasteiger partial charge in [0, 0.05) is 13.1 Å². The summed E-state index contributed by atoms with van der Waals surface area (Å²) in [5.74, 6) is -1.80. The average molecular weight is 195 g/mol. The molecule has 0 aromatic carbocycles. The molecule has 1 fully saturated rings. The van der Waals surface area contributed by atoms with Crippen LogP contribution >= 0.6 is 0 Å². The number of allylic oxidation sites excluding steroid dienone is 4. The smallest absolute Gasteiger partial charge is 0.246 e. The third-order valence-corrected chi connectivity index (χ3v) is 2.25. The number of rotatable bonds is 4. The van der Waals surface area contributed by atoms with Gasteiger partial charge in [0.15, 0.2) is 0 Å². The second kappa shape index (κ2) is 5.10. The second-order valence-corrected chi connectivity index (χ2v) is 3.36. The Hall–Kier alpha value is -0.900. The maximum absolute atomic E-state index is 9.65. The van der Waals surface area contributed by atoms with Gasteiger partial charge >= 0.3 is 0 Å². The molecule has 14 heavy (non-hydrogen) atoms. The maximum Gasteiger partial charge on any atom is 0.246 e. The average Bonchev–Trinajstić information content (AvgIpc) is 2.65. The second-order valence-electron chi connectivity index (χ2n) is 3.36. The summed E-state index contributed by atoms with van der Waals surface area (Å²) in [4.78, 5) is 1.64. The molecule has 0 aromatic heterocycles. The van der Waals surface area contributed by atoms with Gasteiger partial charge in [0.05, 0.1) is 0 Å². The van der Waals surface area contributed by atoms with Crippen LogP contribution in [0.3, 0.4) is 0 Å². The molecule has 3 heteroatoms. The van der Waals surface area contributed by atoms with Crippen LogP contribution in [0.15, 0.2) is 37.0 Å². The molecule has 3 nitrogen and oxygen atoms in total. The highest BCUT2D eigenvalue weighted by atomic mass is 16.5. The Bertz CT molecular complexity index is 238. The highest BCUT2D eigenvalue weighted by Crippen LogP contribution is 2.17. The number of aliphatic hydroxyl groups is 2. The molecule has 2 N–H and O–H groups in total. The summed E-state index contributed by atoms with van der Waals surface area (Å²) in [7, 11) is 0. The normalized spacial score (nSPS) is 19.9. The van der Waals surface area contributed by atoms with Crippen LogP contribution in [0, 0.1) is 0 Å². The number of nitrogens with zero attached hydrogens (tertiary/aromatic N) is 1. The summed E-state index contributed by atoms with van der Waals surface area (Å²) in [6.07, 6.45) is 10.1. The molecule has 0 atom stereocenters. The van der Waals surface area contributed by atoms with E-state index in [1.165, 1.54) is 6.08 Å². The lowest BCUT2D eigenvalue weighted by molar-refractivity contribution is -0.219. The van der Waals surface area contributed by atoms with Gasteiger partial charge in [0.25, 0.3) is 0 Å². The van der Waals surface area contributed by atoms with E-state index in [4.69, 9.17) is 0 Å². The quantitative estimate of drug-likeness (QED) is 0.520. The van der Waals surface area contributed by atoms with Crippen LogP contribution < -0.4 is 0 Å². The SMILES string of the molecule is C=C/C=C\C=C\C(O)(O)N1CCCC1. The zero-order valence-corrected chi connectivity index (χ0v) is 8.26. The van der Waals surface area contributed by atoms with Crippen molar-refractivity contribution in [2.24, 2.45) is 0 Å². The third kappa shape index (κ3) is 3.10. The molecule has 0 spiro atoms. The molecule has 0 radical (unpaired) electrons. The van der Waals surface area contributed by atoms with Gasteiger partial charge in [-0.25, -0.2) is 4.90 Å². The highest BCUT2D eigenvalue weighted by molar-refractivity contribution is 5.11. The molecule has 1 rings (SSSR count). The highest BCUT2D eigenvalue weighted by Gasteiger charge is 2.30. The summed E-state index contributed by atoms with van der Waals surface area (Å²) in [6, 6.07) is 0. The summed E-state index contributed by atoms with van der Waals surface area (Å²) in [5.41, 5.74) is 0. The minimum atomic E-state index is -1.80. The van der Waals surface area contributed by atoms with Crippen LogP contribution in [-0.2, 0) is 0 Å². The van der Waals surface area contributed by atoms with Gasteiger partial charge in [-0.3, -0.25) is 0 Å². The zero-order valence-electron chi connectivity index (χ0n) is 8.26. The molecule has 0 aliphatic carbocycles. The van der Waals surface area contributed by atoms with Gasteiger partial charge in [-0.2, -0.15) is 0 Å². The fourth-order valence-electron chi connectivity index (χ4n) is 1.48. The van der Waals surface area contributed by atoms with E-state index in [1.54, 1.807) is 29.2 Å². The molecule has 1 aliphatic heterocycles. The van der Waals surface area contributed by atoms with Crippen LogP contribution in [0.4, 0.5) is 0 Å². The van der Waals surface area contributed by atoms with Crippen molar-refractivity contribution in [1.82, 2.24) is 4.90 Å². The van der Waals surface area contributed by atoms with Gasteiger partial charge in [0.2, 0.25) is 5.91 Å².